The van der Waals surface area contributed by atoms with Gasteiger partial charge in [-0.1, -0.05) is 13.0 Å². The van der Waals surface area contributed by atoms with E-state index < -0.39 is 12.6 Å². The van der Waals surface area contributed by atoms with Gasteiger partial charge in [-0.3, -0.25) is 0 Å². The van der Waals surface area contributed by atoms with E-state index in [1.165, 1.54) is 6.08 Å². The van der Waals surface area contributed by atoms with Gasteiger partial charge in [-0.15, -0.1) is 0 Å². The van der Waals surface area contributed by atoms with E-state index in [0.29, 0.717) is 12.3 Å². The van der Waals surface area contributed by atoms with Gasteiger partial charge in [0.15, 0.2) is 0 Å². The van der Waals surface area contributed by atoms with Gasteiger partial charge in [0.2, 0.25) is 0 Å². The van der Waals surface area contributed by atoms with Crippen LogP contribution in [0, 0.1) is 5.92 Å². The van der Waals surface area contributed by atoms with Crippen LogP contribution >= 0.6 is 0 Å². The molecule has 0 radical (unpaired) electrons. The maximum absolute atomic E-state index is 10.5. The molecule has 0 spiro atoms. The van der Waals surface area contributed by atoms with Crippen molar-refractivity contribution < 1.29 is 20.1 Å². The Hall–Kier alpha value is -0.870. The van der Waals surface area contributed by atoms with Crippen LogP contribution in [-0.2, 0) is 4.79 Å². The van der Waals surface area contributed by atoms with Gasteiger partial charge in [0.05, 0.1) is 12.2 Å². The quantitative estimate of drug-likeness (QED) is 0.533. The lowest BCUT2D eigenvalue weighted by Crippen LogP contribution is -2.05. The van der Waals surface area contributed by atoms with E-state index >= 15 is 0 Å². The molecule has 4 nitrogen and oxygen atoms in total. The van der Waals surface area contributed by atoms with Gasteiger partial charge in [0.1, 0.15) is 0 Å². The van der Waals surface area contributed by atoms with Crippen molar-refractivity contribution in [3.05, 3.63) is 11.6 Å². The summed E-state index contributed by atoms with van der Waals surface area (Å²) < 4.78 is 0. The van der Waals surface area contributed by atoms with Crippen molar-refractivity contribution >= 4 is 5.97 Å². The highest BCUT2D eigenvalue weighted by atomic mass is 16.4. The van der Waals surface area contributed by atoms with Gasteiger partial charge >= 0.3 is 5.97 Å². The Kier molecular flexibility index (Phi) is 7.06. The molecule has 1 unspecified atom stereocenters. The topological polar surface area (TPSA) is 77.8 Å². The van der Waals surface area contributed by atoms with Crippen molar-refractivity contribution in [3.8, 4) is 0 Å². The highest BCUT2D eigenvalue weighted by Gasteiger charge is 2.05. The van der Waals surface area contributed by atoms with E-state index in [9.17, 15) is 4.79 Å². The van der Waals surface area contributed by atoms with Gasteiger partial charge in [-0.2, -0.15) is 0 Å². The molecule has 0 aliphatic rings. The molecule has 0 aliphatic carbocycles. The molecule has 0 saturated carbocycles. The van der Waals surface area contributed by atoms with Gasteiger partial charge in [0, 0.05) is 6.61 Å². The largest absolute Gasteiger partial charge is 0.478 e. The van der Waals surface area contributed by atoms with Crippen LogP contribution in [0.15, 0.2) is 11.6 Å². The SMILES string of the molecule is CC(CCO)CC/C=C(/CO)C(=O)O. The van der Waals surface area contributed by atoms with Crippen LogP contribution < -0.4 is 0 Å². The van der Waals surface area contributed by atoms with E-state index in [-0.39, 0.29) is 12.2 Å². The predicted molar refractivity (Wildman–Crippen MR) is 52.9 cm³/mol. The molecule has 0 aromatic heterocycles. The van der Waals surface area contributed by atoms with Crippen LogP contribution in [0.5, 0.6) is 0 Å². The molecule has 0 heterocycles. The number of aliphatic carboxylic acids is 1. The summed E-state index contributed by atoms with van der Waals surface area (Å²) >= 11 is 0. The Morgan fingerprint density at radius 1 is 1.36 bits per heavy atom. The Balaban J connectivity index is 3.84. The second kappa shape index (κ2) is 7.53. The smallest absolute Gasteiger partial charge is 0.333 e. The first kappa shape index (κ1) is 13.1. The lowest BCUT2D eigenvalue weighted by atomic mass is 10.0. The van der Waals surface area contributed by atoms with E-state index in [2.05, 4.69) is 0 Å². The lowest BCUT2D eigenvalue weighted by Gasteiger charge is -2.06. The van der Waals surface area contributed by atoms with Gasteiger partial charge in [-0.05, 0) is 25.2 Å². The monoisotopic (exact) mass is 202 g/mol. The number of hydrogen-bond acceptors (Lipinski definition) is 3. The minimum Gasteiger partial charge on any atom is -0.478 e. The van der Waals surface area contributed by atoms with Gasteiger partial charge in [0.25, 0.3) is 0 Å². The number of hydrogen-bond donors (Lipinski definition) is 3. The zero-order valence-corrected chi connectivity index (χ0v) is 8.44. The Labute approximate surface area is 83.9 Å². The van der Waals surface area contributed by atoms with E-state index in [1.807, 2.05) is 6.92 Å². The number of aliphatic hydroxyl groups excluding tert-OH is 2. The molecule has 82 valence electrons. The minimum atomic E-state index is -1.07. The molecule has 0 amide bonds. The fraction of sp³-hybridized carbons (Fsp3) is 0.700. The molecule has 0 rings (SSSR count). The zero-order chi connectivity index (χ0) is 11.0. The Morgan fingerprint density at radius 2 is 2.00 bits per heavy atom. The van der Waals surface area contributed by atoms with Crippen LogP contribution in [0.1, 0.15) is 26.2 Å². The first-order chi connectivity index (χ1) is 6.61. The molecule has 0 bridgehead atoms. The molecular formula is C10H18O4. The molecule has 1 atom stereocenters. The van der Waals surface area contributed by atoms with Crippen LogP contribution in [0.4, 0.5) is 0 Å². The van der Waals surface area contributed by atoms with Crippen LogP contribution in [0.2, 0.25) is 0 Å². The second-order valence-electron chi connectivity index (χ2n) is 3.39. The Bertz CT molecular complexity index is 198. The third-order valence-electron chi connectivity index (χ3n) is 2.12. The van der Waals surface area contributed by atoms with Crippen molar-refractivity contribution in [1.29, 1.82) is 0 Å². The summed E-state index contributed by atoms with van der Waals surface area (Å²) in [5, 5.41) is 25.9. The van der Waals surface area contributed by atoms with Crippen LogP contribution in [0.25, 0.3) is 0 Å². The number of carboxylic acid groups (broad SMARTS) is 1. The van der Waals surface area contributed by atoms with E-state index in [1.54, 1.807) is 0 Å². The predicted octanol–water partition coefficient (Wildman–Crippen LogP) is 0.788. The van der Waals surface area contributed by atoms with Crippen molar-refractivity contribution in [2.24, 2.45) is 5.92 Å². The zero-order valence-electron chi connectivity index (χ0n) is 8.44. The fourth-order valence-electron chi connectivity index (χ4n) is 1.13. The standard InChI is InChI=1S/C10H18O4/c1-8(5-6-11)3-2-4-9(7-12)10(13)14/h4,8,11-12H,2-3,5-7H2,1H3,(H,13,14)/b9-4-. The molecule has 14 heavy (non-hydrogen) atoms. The normalized spacial score (nSPS) is 14.1. The number of carbonyl (C=O) groups is 1. The number of allylic oxidation sites excluding steroid dienone is 1. The number of rotatable bonds is 7. The molecule has 0 aliphatic heterocycles. The van der Waals surface area contributed by atoms with Crippen LogP contribution in [0.3, 0.4) is 0 Å². The Morgan fingerprint density at radius 3 is 2.43 bits per heavy atom. The van der Waals surface area contributed by atoms with Crippen molar-refractivity contribution in [3.63, 3.8) is 0 Å². The summed E-state index contributed by atoms with van der Waals surface area (Å²) in [5.74, 6) is -0.688. The highest BCUT2D eigenvalue weighted by Crippen LogP contribution is 2.11. The molecule has 3 N–H and O–H groups in total. The van der Waals surface area contributed by atoms with Crippen molar-refractivity contribution in [2.45, 2.75) is 26.2 Å². The molecular weight excluding hydrogens is 184 g/mol. The summed E-state index contributed by atoms with van der Waals surface area (Å²) in [6, 6.07) is 0. The average molecular weight is 202 g/mol. The van der Waals surface area contributed by atoms with E-state index in [4.69, 9.17) is 15.3 Å². The van der Waals surface area contributed by atoms with Crippen molar-refractivity contribution in [2.75, 3.05) is 13.2 Å². The van der Waals surface area contributed by atoms with Crippen LogP contribution in [-0.4, -0.2) is 34.5 Å². The summed E-state index contributed by atoms with van der Waals surface area (Å²) in [4.78, 5) is 10.5. The number of carboxylic acids is 1. The summed E-state index contributed by atoms with van der Waals surface area (Å²) in [5.41, 5.74) is 0.0428. The maximum atomic E-state index is 10.5. The summed E-state index contributed by atoms with van der Waals surface area (Å²) in [7, 11) is 0. The summed E-state index contributed by atoms with van der Waals surface area (Å²) in [6.07, 6.45) is 3.73. The maximum Gasteiger partial charge on any atom is 0.333 e. The molecule has 0 aromatic carbocycles. The second-order valence-corrected chi connectivity index (χ2v) is 3.39. The minimum absolute atomic E-state index is 0.0428. The molecule has 0 fully saturated rings. The van der Waals surface area contributed by atoms with Crippen molar-refractivity contribution in [1.82, 2.24) is 0 Å². The number of aliphatic hydroxyl groups is 2. The lowest BCUT2D eigenvalue weighted by molar-refractivity contribution is -0.133. The first-order valence-electron chi connectivity index (χ1n) is 4.75. The molecule has 0 aromatic rings. The molecule has 4 heteroatoms. The average Bonchev–Trinajstić information content (AvgIpc) is 2.12. The first-order valence-corrected chi connectivity index (χ1v) is 4.75. The fourth-order valence-corrected chi connectivity index (χ4v) is 1.13. The third-order valence-corrected chi connectivity index (χ3v) is 2.12. The highest BCUT2D eigenvalue weighted by molar-refractivity contribution is 5.86. The van der Waals surface area contributed by atoms with Gasteiger partial charge in [-0.25, -0.2) is 4.79 Å². The van der Waals surface area contributed by atoms with E-state index in [0.717, 1.165) is 12.8 Å². The van der Waals surface area contributed by atoms with Gasteiger partial charge < -0.3 is 15.3 Å². The molecule has 0 saturated heterocycles. The summed E-state index contributed by atoms with van der Waals surface area (Å²) in [6.45, 7) is 1.74. The third kappa shape index (κ3) is 5.72.